The first-order valence-electron chi connectivity index (χ1n) is 7.31. The highest BCUT2D eigenvalue weighted by atomic mass is 32.2. The Labute approximate surface area is 139 Å². The minimum Gasteiger partial charge on any atom is -0.467 e. The zero-order valence-electron chi connectivity index (χ0n) is 12.8. The summed E-state index contributed by atoms with van der Waals surface area (Å²) in [5.74, 6) is 0.711. The second-order valence-electron chi connectivity index (χ2n) is 5.03. The van der Waals surface area contributed by atoms with Gasteiger partial charge in [-0.3, -0.25) is 4.79 Å². The number of anilines is 1. The summed E-state index contributed by atoms with van der Waals surface area (Å²) < 4.78 is 5.41. The van der Waals surface area contributed by atoms with Gasteiger partial charge in [0.25, 0.3) is 5.91 Å². The van der Waals surface area contributed by atoms with Crippen molar-refractivity contribution in [2.45, 2.75) is 11.4 Å². The van der Waals surface area contributed by atoms with Gasteiger partial charge in [-0.25, -0.2) is 0 Å². The van der Waals surface area contributed by atoms with Gasteiger partial charge < -0.3 is 9.32 Å². The van der Waals surface area contributed by atoms with Crippen LogP contribution in [0, 0.1) is 0 Å². The average Bonchev–Trinajstić information content (AvgIpc) is 3.13. The van der Waals surface area contributed by atoms with Crippen molar-refractivity contribution < 1.29 is 9.21 Å². The Morgan fingerprint density at radius 2 is 1.74 bits per heavy atom. The molecule has 23 heavy (non-hydrogen) atoms. The molecule has 0 aliphatic heterocycles. The topological polar surface area (TPSA) is 33.5 Å². The van der Waals surface area contributed by atoms with Crippen molar-refractivity contribution in [3.63, 3.8) is 0 Å². The minimum absolute atomic E-state index is 0.0414. The van der Waals surface area contributed by atoms with Gasteiger partial charge in [-0.2, -0.15) is 0 Å². The van der Waals surface area contributed by atoms with Crippen molar-refractivity contribution in [1.29, 1.82) is 0 Å². The molecule has 0 spiro atoms. The lowest BCUT2D eigenvalue weighted by atomic mass is 10.1. The molecule has 4 heteroatoms. The molecule has 0 saturated carbocycles. The molecule has 2 aromatic carbocycles. The summed E-state index contributed by atoms with van der Waals surface area (Å²) in [6.45, 7) is 0.403. The predicted octanol–water partition coefficient (Wildman–Crippen LogP) is 4.85. The fourth-order valence-electron chi connectivity index (χ4n) is 2.34. The van der Waals surface area contributed by atoms with Gasteiger partial charge in [0.2, 0.25) is 0 Å². The number of carbonyl (C=O) groups is 1. The second-order valence-corrected chi connectivity index (χ2v) is 5.91. The van der Waals surface area contributed by atoms with Crippen LogP contribution in [-0.2, 0) is 6.54 Å². The minimum atomic E-state index is -0.0414. The van der Waals surface area contributed by atoms with Gasteiger partial charge in [0.05, 0.1) is 12.8 Å². The average molecular weight is 323 g/mol. The van der Waals surface area contributed by atoms with E-state index in [0.717, 1.165) is 16.3 Å². The summed E-state index contributed by atoms with van der Waals surface area (Å²) in [6, 6.07) is 21.0. The van der Waals surface area contributed by atoms with E-state index in [0.29, 0.717) is 12.1 Å². The molecule has 0 N–H and O–H groups in total. The molecular formula is C19H17NO2S. The van der Waals surface area contributed by atoms with E-state index in [4.69, 9.17) is 4.42 Å². The van der Waals surface area contributed by atoms with Crippen LogP contribution in [0.4, 0.5) is 5.69 Å². The molecule has 116 valence electrons. The van der Waals surface area contributed by atoms with E-state index in [-0.39, 0.29) is 5.91 Å². The van der Waals surface area contributed by atoms with E-state index in [1.165, 1.54) is 0 Å². The third-order valence-electron chi connectivity index (χ3n) is 3.54. The van der Waals surface area contributed by atoms with Gasteiger partial charge >= 0.3 is 0 Å². The summed E-state index contributed by atoms with van der Waals surface area (Å²) in [7, 11) is 0. The molecule has 0 aliphatic rings. The molecule has 0 atom stereocenters. The van der Waals surface area contributed by atoms with Crippen LogP contribution in [0.25, 0.3) is 0 Å². The Kier molecular flexibility index (Phi) is 4.83. The van der Waals surface area contributed by atoms with Gasteiger partial charge in [0.15, 0.2) is 0 Å². The fourth-order valence-corrected chi connectivity index (χ4v) is 2.74. The van der Waals surface area contributed by atoms with Crippen molar-refractivity contribution in [3.8, 4) is 0 Å². The van der Waals surface area contributed by atoms with Gasteiger partial charge in [-0.05, 0) is 54.8 Å². The number of carbonyl (C=O) groups excluding carboxylic acids is 1. The summed E-state index contributed by atoms with van der Waals surface area (Å²) >= 11 is 1.66. The largest absolute Gasteiger partial charge is 0.467 e. The van der Waals surface area contributed by atoms with E-state index in [9.17, 15) is 4.79 Å². The van der Waals surface area contributed by atoms with Gasteiger partial charge in [0.1, 0.15) is 5.76 Å². The van der Waals surface area contributed by atoms with Crippen LogP contribution in [0.5, 0.6) is 0 Å². The Morgan fingerprint density at radius 1 is 1.00 bits per heavy atom. The lowest BCUT2D eigenvalue weighted by Crippen LogP contribution is -2.30. The SMILES string of the molecule is CSc1ccc(C(=O)N(Cc2ccco2)c2ccccc2)cc1. The number of hydrogen-bond donors (Lipinski definition) is 0. The normalized spacial score (nSPS) is 10.5. The van der Waals surface area contributed by atoms with Crippen LogP contribution < -0.4 is 4.90 Å². The quantitative estimate of drug-likeness (QED) is 0.629. The number of amides is 1. The smallest absolute Gasteiger partial charge is 0.258 e. The first kappa shape index (κ1) is 15.4. The standard InChI is InChI=1S/C19H17NO2S/c1-23-18-11-9-15(10-12-18)19(21)20(14-17-8-5-13-22-17)16-6-3-2-4-7-16/h2-13H,14H2,1H3. The van der Waals surface area contributed by atoms with Crippen LogP contribution in [-0.4, -0.2) is 12.2 Å². The molecule has 1 aromatic heterocycles. The van der Waals surface area contributed by atoms with E-state index in [2.05, 4.69) is 0 Å². The summed E-state index contributed by atoms with van der Waals surface area (Å²) in [5, 5.41) is 0. The zero-order chi connectivity index (χ0) is 16.1. The van der Waals surface area contributed by atoms with Crippen molar-refractivity contribution in [2.75, 3.05) is 11.2 Å². The Hall–Kier alpha value is -2.46. The van der Waals surface area contributed by atoms with Crippen molar-refractivity contribution in [2.24, 2.45) is 0 Å². The van der Waals surface area contributed by atoms with Crippen molar-refractivity contribution in [1.82, 2.24) is 0 Å². The number of hydrogen-bond acceptors (Lipinski definition) is 3. The van der Waals surface area contributed by atoms with E-state index >= 15 is 0 Å². The number of nitrogens with zero attached hydrogens (tertiary/aromatic N) is 1. The fraction of sp³-hybridized carbons (Fsp3) is 0.105. The first-order valence-corrected chi connectivity index (χ1v) is 8.54. The molecule has 0 fully saturated rings. The number of rotatable bonds is 5. The maximum atomic E-state index is 12.9. The van der Waals surface area contributed by atoms with Crippen LogP contribution in [0.1, 0.15) is 16.1 Å². The highest BCUT2D eigenvalue weighted by molar-refractivity contribution is 7.98. The lowest BCUT2D eigenvalue weighted by Gasteiger charge is -2.22. The van der Waals surface area contributed by atoms with Crippen LogP contribution in [0.3, 0.4) is 0 Å². The molecule has 3 aromatic rings. The predicted molar refractivity (Wildman–Crippen MR) is 93.9 cm³/mol. The number of furan rings is 1. The molecule has 0 unspecified atom stereocenters. The van der Waals surface area contributed by atoms with Gasteiger partial charge in [-0.1, -0.05) is 18.2 Å². The molecule has 1 amide bonds. The third-order valence-corrected chi connectivity index (χ3v) is 4.29. The van der Waals surface area contributed by atoms with Crippen molar-refractivity contribution in [3.05, 3.63) is 84.3 Å². The molecule has 0 radical (unpaired) electrons. The molecule has 3 nitrogen and oxygen atoms in total. The summed E-state index contributed by atoms with van der Waals surface area (Å²) in [6.07, 6.45) is 3.64. The van der Waals surface area contributed by atoms with Gasteiger partial charge in [0, 0.05) is 16.1 Å². The van der Waals surface area contributed by atoms with E-state index < -0.39 is 0 Å². The number of thioether (sulfide) groups is 1. The molecule has 0 bridgehead atoms. The lowest BCUT2D eigenvalue weighted by molar-refractivity contribution is 0.0983. The van der Waals surface area contributed by atoms with Crippen LogP contribution in [0.2, 0.25) is 0 Å². The highest BCUT2D eigenvalue weighted by Gasteiger charge is 2.19. The highest BCUT2D eigenvalue weighted by Crippen LogP contribution is 2.22. The maximum Gasteiger partial charge on any atom is 0.258 e. The summed E-state index contributed by atoms with van der Waals surface area (Å²) in [5.41, 5.74) is 1.51. The third kappa shape index (κ3) is 3.66. The number of para-hydroxylation sites is 1. The Morgan fingerprint density at radius 3 is 2.35 bits per heavy atom. The molecule has 0 aliphatic carbocycles. The van der Waals surface area contributed by atoms with Crippen LogP contribution >= 0.6 is 11.8 Å². The summed E-state index contributed by atoms with van der Waals surface area (Å²) in [4.78, 5) is 15.8. The Bertz CT molecular complexity index is 752. The first-order chi connectivity index (χ1) is 11.3. The maximum absolute atomic E-state index is 12.9. The monoisotopic (exact) mass is 323 g/mol. The van der Waals surface area contributed by atoms with Gasteiger partial charge in [-0.15, -0.1) is 11.8 Å². The second kappa shape index (κ2) is 7.20. The molecular weight excluding hydrogens is 306 g/mol. The zero-order valence-corrected chi connectivity index (χ0v) is 13.6. The molecule has 0 saturated heterocycles. The molecule has 1 heterocycles. The van der Waals surface area contributed by atoms with Crippen LogP contribution in [0.15, 0.2) is 82.3 Å². The van der Waals surface area contributed by atoms with E-state index in [1.54, 1.807) is 22.9 Å². The van der Waals surface area contributed by atoms with E-state index in [1.807, 2.05) is 73.0 Å². The van der Waals surface area contributed by atoms with Crippen molar-refractivity contribution >= 4 is 23.4 Å². The number of benzene rings is 2. The Balaban J connectivity index is 1.91. The molecule has 3 rings (SSSR count).